The van der Waals surface area contributed by atoms with Crippen LogP contribution in [0, 0.1) is 0 Å². The van der Waals surface area contributed by atoms with Gasteiger partial charge < -0.3 is 19.0 Å². The lowest BCUT2D eigenvalue weighted by atomic mass is 10.0. The Labute approximate surface area is 88.7 Å². The first kappa shape index (κ1) is 14.1. The van der Waals surface area contributed by atoms with Gasteiger partial charge in [-0.25, -0.2) is 0 Å². The molecule has 0 rings (SSSR count). The van der Waals surface area contributed by atoms with Crippen LogP contribution in [0.25, 0.3) is 0 Å². The molecule has 0 aromatic carbocycles. The Balaban J connectivity index is 3.60. The minimum Gasteiger partial charge on any atom is -0.376 e. The summed E-state index contributed by atoms with van der Waals surface area (Å²) >= 11 is 0. The molecule has 0 aliphatic rings. The summed E-state index contributed by atoms with van der Waals surface area (Å²) in [5.74, 6) is 0. The molecule has 0 fully saturated rings. The number of nitrogens with two attached hydrogens (primary N) is 1. The Morgan fingerprint density at radius 2 is 1.57 bits per heavy atom. The molecule has 0 spiro atoms. The van der Waals surface area contributed by atoms with Crippen molar-refractivity contribution in [2.75, 3.05) is 19.8 Å². The van der Waals surface area contributed by atoms with E-state index < -0.39 is 9.53 Å². The average molecular weight is 221 g/mol. The molecule has 2 N–H and O–H groups in total. The van der Waals surface area contributed by atoms with E-state index >= 15 is 0 Å². The van der Waals surface area contributed by atoms with Gasteiger partial charge in [-0.05, 0) is 34.1 Å². The van der Waals surface area contributed by atoms with E-state index in [4.69, 9.17) is 19.0 Å². The molecule has 14 heavy (non-hydrogen) atoms. The second-order valence-corrected chi connectivity index (χ2v) is 5.39. The van der Waals surface area contributed by atoms with E-state index in [2.05, 4.69) is 0 Å². The van der Waals surface area contributed by atoms with Crippen LogP contribution in [0.3, 0.4) is 0 Å². The smallest absolute Gasteiger partial charge is 0.376 e. The molecule has 0 aromatic rings. The molecular formula is C9H23NO3Si. The first-order valence-electron chi connectivity index (χ1n) is 5.13. The largest absolute Gasteiger partial charge is 0.484 e. The van der Waals surface area contributed by atoms with Gasteiger partial charge in [0.05, 0.1) is 0 Å². The van der Waals surface area contributed by atoms with Gasteiger partial charge in [0.1, 0.15) is 0 Å². The fourth-order valence-corrected chi connectivity index (χ4v) is 1.98. The van der Waals surface area contributed by atoms with Crippen LogP contribution in [0.5, 0.6) is 0 Å². The molecule has 0 atom stereocenters. The second-order valence-electron chi connectivity index (χ2n) is 3.81. The van der Waals surface area contributed by atoms with Gasteiger partial charge in [0.25, 0.3) is 0 Å². The summed E-state index contributed by atoms with van der Waals surface area (Å²) in [5, 5.41) is 0. The van der Waals surface area contributed by atoms with Crippen LogP contribution in [-0.2, 0) is 13.3 Å². The summed E-state index contributed by atoms with van der Waals surface area (Å²) in [6, 6.07) is 0. The maximum Gasteiger partial charge on any atom is 0.484 e. The third kappa shape index (κ3) is 8.65. The van der Waals surface area contributed by atoms with Crippen LogP contribution in [0.1, 0.15) is 34.1 Å². The average Bonchev–Trinajstić information content (AvgIpc) is 2.02. The van der Waals surface area contributed by atoms with Crippen molar-refractivity contribution in [2.24, 2.45) is 5.73 Å². The highest BCUT2D eigenvalue weighted by Crippen LogP contribution is 2.04. The minimum absolute atomic E-state index is 0.183. The van der Waals surface area contributed by atoms with Crippen LogP contribution in [0.15, 0.2) is 0 Å². The molecule has 0 amide bonds. The molecule has 0 unspecified atom stereocenters. The van der Waals surface area contributed by atoms with E-state index in [9.17, 15) is 0 Å². The molecule has 86 valence electrons. The van der Waals surface area contributed by atoms with Crippen molar-refractivity contribution in [1.82, 2.24) is 0 Å². The molecule has 5 heteroatoms. The highest BCUT2D eigenvalue weighted by Gasteiger charge is 2.16. The first-order chi connectivity index (χ1) is 6.49. The van der Waals surface area contributed by atoms with Gasteiger partial charge in [-0.2, -0.15) is 0 Å². The van der Waals surface area contributed by atoms with E-state index in [0.29, 0.717) is 19.8 Å². The lowest BCUT2D eigenvalue weighted by Crippen LogP contribution is -2.35. The molecule has 0 radical (unpaired) electrons. The zero-order valence-corrected chi connectivity index (χ0v) is 10.9. The molecule has 4 nitrogen and oxygen atoms in total. The molecule has 0 heterocycles. The van der Waals surface area contributed by atoms with Gasteiger partial charge >= 0.3 is 9.53 Å². The fourth-order valence-electron chi connectivity index (χ4n) is 0.835. The summed E-state index contributed by atoms with van der Waals surface area (Å²) in [6.07, 6.45) is 0.816. The Kier molecular flexibility index (Phi) is 7.39. The normalized spacial score (nSPS) is 12.4. The van der Waals surface area contributed by atoms with E-state index in [-0.39, 0.29) is 5.54 Å². The van der Waals surface area contributed by atoms with Crippen LogP contribution < -0.4 is 5.73 Å². The summed E-state index contributed by atoms with van der Waals surface area (Å²) < 4.78 is 16.2. The Bertz CT molecular complexity index is 133. The van der Waals surface area contributed by atoms with Gasteiger partial charge in [0.2, 0.25) is 0 Å². The number of rotatable bonds is 8. The highest BCUT2D eigenvalue weighted by molar-refractivity contribution is 6.36. The predicted octanol–water partition coefficient (Wildman–Crippen LogP) is 0.921. The summed E-state index contributed by atoms with van der Waals surface area (Å²) in [7, 11) is -1.88. The first-order valence-corrected chi connectivity index (χ1v) is 6.54. The molecule has 0 aromatic heterocycles. The SMILES string of the molecule is CCO[SiH](OCC)OCCC(C)(C)N. The van der Waals surface area contributed by atoms with Crippen molar-refractivity contribution in [3.8, 4) is 0 Å². The third-order valence-corrected chi connectivity index (χ3v) is 3.32. The minimum atomic E-state index is -1.88. The van der Waals surface area contributed by atoms with Crippen molar-refractivity contribution in [3.05, 3.63) is 0 Å². The van der Waals surface area contributed by atoms with Crippen molar-refractivity contribution in [1.29, 1.82) is 0 Å². The molecule has 0 saturated carbocycles. The second kappa shape index (κ2) is 7.36. The van der Waals surface area contributed by atoms with E-state index in [1.807, 2.05) is 27.7 Å². The van der Waals surface area contributed by atoms with Crippen LogP contribution in [0.2, 0.25) is 0 Å². The molecule has 0 bridgehead atoms. The quantitative estimate of drug-likeness (QED) is 0.619. The van der Waals surface area contributed by atoms with Gasteiger partial charge in [0, 0.05) is 25.4 Å². The molecule has 0 saturated heterocycles. The van der Waals surface area contributed by atoms with Gasteiger partial charge in [0.15, 0.2) is 0 Å². The Morgan fingerprint density at radius 1 is 1.07 bits per heavy atom. The maximum absolute atomic E-state index is 5.82. The van der Waals surface area contributed by atoms with E-state index in [0.717, 1.165) is 6.42 Å². The van der Waals surface area contributed by atoms with Gasteiger partial charge in [-0.15, -0.1) is 0 Å². The topological polar surface area (TPSA) is 53.7 Å². The van der Waals surface area contributed by atoms with Crippen molar-refractivity contribution in [2.45, 2.75) is 39.7 Å². The van der Waals surface area contributed by atoms with E-state index in [1.54, 1.807) is 0 Å². The summed E-state index contributed by atoms with van der Waals surface area (Å²) in [6.45, 7) is 9.74. The molecular weight excluding hydrogens is 198 g/mol. The van der Waals surface area contributed by atoms with Gasteiger partial charge in [-0.3, -0.25) is 0 Å². The Hall–Kier alpha value is 0.0569. The standard InChI is InChI=1S/C9H23NO3Si/c1-5-11-14(12-6-2)13-8-7-9(3,4)10/h14H,5-8,10H2,1-4H3. The third-order valence-electron chi connectivity index (χ3n) is 1.61. The van der Waals surface area contributed by atoms with E-state index in [1.165, 1.54) is 0 Å². The number of hydrogen-bond acceptors (Lipinski definition) is 4. The van der Waals surface area contributed by atoms with Crippen molar-refractivity contribution in [3.63, 3.8) is 0 Å². The summed E-state index contributed by atoms with van der Waals surface area (Å²) in [4.78, 5) is 0. The van der Waals surface area contributed by atoms with Crippen LogP contribution in [-0.4, -0.2) is 34.9 Å². The molecule has 0 aliphatic carbocycles. The number of hydrogen-bond donors (Lipinski definition) is 1. The lowest BCUT2D eigenvalue weighted by molar-refractivity contribution is 0.0963. The van der Waals surface area contributed by atoms with Crippen molar-refractivity contribution < 1.29 is 13.3 Å². The van der Waals surface area contributed by atoms with Gasteiger partial charge in [-0.1, -0.05) is 0 Å². The maximum atomic E-state index is 5.82. The zero-order chi connectivity index (χ0) is 11.0. The monoisotopic (exact) mass is 221 g/mol. The summed E-state index contributed by atoms with van der Waals surface area (Å²) in [5.41, 5.74) is 5.64. The predicted molar refractivity (Wildman–Crippen MR) is 59.2 cm³/mol. The van der Waals surface area contributed by atoms with Crippen LogP contribution in [0.4, 0.5) is 0 Å². The lowest BCUT2D eigenvalue weighted by Gasteiger charge is -2.20. The zero-order valence-electron chi connectivity index (χ0n) is 9.71. The Morgan fingerprint density at radius 3 is 1.93 bits per heavy atom. The fraction of sp³-hybridized carbons (Fsp3) is 1.00. The van der Waals surface area contributed by atoms with Crippen LogP contribution >= 0.6 is 0 Å². The molecule has 0 aliphatic heterocycles. The highest BCUT2D eigenvalue weighted by atomic mass is 28.3. The van der Waals surface area contributed by atoms with Crippen molar-refractivity contribution >= 4 is 9.53 Å².